The van der Waals surface area contributed by atoms with Gasteiger partial charge >= 0.3 is 0 Å². The Balaban J connectivity index is 1.86. The van der Waals surface area contributed by atoms with Crippen LogP contribution in [0.25, 0.3) is 22.3 Å². The van der Waals surface area contributed by atoms with Crippen molar-refractivity contribution in [2.24, 2.45) is 0 Å². The molecule has 0 N–H and O–H groups in total. The highest BCUT2D eigenvalue weighted by molar-refractivity contribution is 6.62. The lowest BCUT2D eigenvalue weighted by molar-refractivity contribution is 0.107. The summed E-state index contributed by atoms with van der Waals surface area (Å²) >= 11 is 0. The predicted octanol–water partition coefficient (Wildman–Crippen LogP) is 4.14. The van der Waals surface area contributed by atoms with Crippen molar-refractivity contribution in [3.05, 3.63) is 83.9 Å². The zero-order valence-electron chi connectivity index (χ0n) is 12.4. The zero-order chi connectivity index (χ0) is 16.2. The van der Waals surface area contributed by atoms with E-state index >= 15 is 0 Å². The normalized spacial score (nSPS) is 10.3. The smallest absolute Gasteiger partial charge is 0.175 e. The molecule has 0 spiro atoms. The van der Waals surface area contributed by atoms with Gasteiger partial charge in [0.15, 0.2) is 7.85 Å². The minimum absolute atomic E-state index is 0.425. The van der Waals surface area contributed by atoms with Gasteiger partial charge in [-0.3, -0.25) is 4.79 Å². The molecule has 0 aliphatic carbocycles. The summed E-state index contributed by atoms with van der Waals surface area (Å²) in [4.78, 5) is 21.8. The van der Waals surface area contributed by atoms with Gasteiger partial charge in [0.1, 0.15) is 12.0 Å². The van der Waals surface area contributed by atoms with E-state index in [0.29, 0.717) is 11.1 Å². The van der Waals surface area contributed by atoms with Gasteiger partial charge in [0.05, 0.1) is 0 Å². The summed E-state index contributed by atoms with van der Waals surface area (Å²) in [5.74, 6) is 0. The summed E-state index contributed by atoms with van der Waals surface area (Å²) in [6.45, 7) is 0. The molecular formula is C20H13BO2. The van der Waals surface area contributed by atoms with Crippen LogP contribution in [0.4, 0.5) is 0 Å². The summed E-state index contributed by atoms with van der Waals surface area (Å²) < 4.78 is 0. The van der Waals surface area contributed by atoms with Crippen LogP contribution in [0.5, 0.6) is 0 Å². The Morgan fingerprint density at radius 1 is 0.652 bits per heavy atom. The first-order chi connectivity index (χ1) is 11.2. The summed E-state index contributed by atoms with van der Waals surface area (Å²) in [5.41, 5.74) is 4.98. The topological polar surface area (TPSA) is 34.1 Å². The van der Waals surface area contributed by atoms with E-state index in [4.69, 9.17) is 7.85 Å². The maximum atomic E-state index is 11.1. The lowest BCUT2D eigenvalue weighted by Gasteiger charge is -2.06. The average molecular weight is 296 g/mol. The number of aldehydes is 1. The van der Waals surface area contributed by atoms with Crippen molar-refractivity contribution in [3.8, 4) is 22.3 Å². The first-order valence-electron chi connectivity index (χ1n) is 7.23. The fraction of sp³-hybridized carbons (Fsp3) is 0. The molecule has 23 heavy (non-hydrogen) atoms. The maximum absolute atomic E-state index is 11.1. The molecule has 0 fully saturated rings. The van der Waals surface area contributed by atoms with Gasteiger partial charge in [-0.15, -0.1) is 0 Å². The average Bonchev–Trinajstić information content (AvgIpc) is 2.62. The first-order valence-corrected chi connectivity index (χ1v) is 7.23. The van der Waals surface area contributed by atoms with Crippen LogP contribution in [0.1, 0.15) is 20.7 Å². The van der Waals surface area contributed by atoms with Crippen LogP contribution in [0.2, 0.25) is 0 Å². The molecule has 3 aromatic carbocycles. The second-order valence-corrected chi connectivity index (χ2v) is 5.26. The van der Waals surface area contributed by atoms with E-state index in [-0.39, 0.29) is 0 Å². The van der Waals surface area contributed by atoms with Crippen molar-refractivity contribution in [1.82, 2.24) is 0 Å². The van der Waals surface area contributed by atoms with Gasteiger partial charge in [-0.25, -0.2) is 0 Å². The molecule has 3 aromatic rings. The molecule has 0 saturated heterocycles. The summed E-state index contributed by atoms with van der Waals surface area (Å²) in [6.07, 6.45) is 0.836. The van der Waals surface area contributed by atoms with Crippen LogP contribution in [0.15, 0.2) is 72.8 Å². The number of carbonyl (C=O) groups is 2. The molecule has 3 heteroatoms. The molecule has 0 unspecified atom stereocenters. The van der Waals surface area contributed by atoms with Gasteiger partial charge in [-0.1, -0.05) is 72.8 Å². The highest BCUT2D eigenvalue weighted by Crippen LogP contribution is 2.25. The molecule has 2 radical (unpaired) electrons. The molecule has 0 heterocycles. The van der Waals surface area contributed by atoms with Crippen molar-refractivity contribution in [2.45, 2.75) is 0 Å². The minimum Gasteiger partial charge on any atom is -0.307 e. The molecule has 0 aliphatic rings. The Morgan fingerprint density at radius 2 is 1.00 bits per heavy atom. The Labute approximate surface area is 136 Å². The Kier molecular flexibility index (Phi) is 4.20. The van der Waals surface area contributed by atoms with Gasteiger partial charge in [-0.2, -0.15) is 0 Å². The molecule has 0 atom stereocenters. The number of rotatable bonds is 4. The standard InChI is InChI=1S/C20H13BO2/c21-20(23)19-11-9-18(10-12-19)17-7-5-16(6-8-17)15-3-1-14(13-22)2-4-15/h1-13H. The van der Waals surface area contributed by atoms with E-state index < -0.39 is 5.68 Å². The lowest BCUT2D eigenvalue weighted by atomic mass is 9.93. The highest BCUT2D eigenvalue weighted by Gasteiger charge is 2.02. The zero-order valence-corrected chi connectivity index (χ0v) is 12.4. The quantitative estimate of drug-likeness (QED) is 0.535. The van der Waals surface area contributed by atoms with Crippen molar-refractivity contribution < 1.29 is 9.59 Å². The first kappa shape index (κ1) is 15.0. The molecule has 0 amide bonds. The largest absolute Gasteiger partial charge is 0.307 e. The van der Waals surface area contributed by atoms with Gasteiger partial charge in [0.2, 0.25) is 0 Å². The molecular weight excluding hydrogens is 283 g/mol. The SMILES string of the molecule is [B]C(=O)c1ccc(-c2ccc(-c3ccc(C=O)cc3)cc2)cc1. The fourth-order valence-corrected chi connectivity index (χ4v) is 2.44. The Morgan fingerprint density at radius 3 is 1.35 bits per heavy atom. The van der Waals surface area contributed by atoms with E-state index in [9.17, 15) is 9.59 Å². The van der Waals surface area contributed by atoms with Crippen LogP contribution in [0.3, 0.4) is 0 Å². The highest BCUT2D eigenvalue weighted by atomic mass is 16.1. The van der Waals surface area contributed by atoms with Crippen molar-refractivity contribution in [1.29, 1.82) is 0 Å². The second-order valence-electron chi connectivity index (χ2n) is 5.26. The number of benzene rings is 3. The molecule has 3 rings (SSSR count). The van der Waals surface area contributed by atoms with Gasteiger partial charge in [0, 0.05) is 11.1 Å². The Bertz CT molecular complexity index is 832. The number of carbonyl (C=O) groups excluding carboxylic acids is 2. The van der Waals surface area contributed by atoms with Gasteiger partial charge in [-0.05, 0) is 22.3 Å². The van der Waals surface area contributed by atoms with Crippen LogP contribution in [-0.4, -0.2) is 19.8 Å². The maximum Gasteiger partial charge on any atom is 0.175 e. The minimum atomic E-state index is -0.425. The van der Waals surface area contributed by atoms with Crippen molar-refractivity contribution >= 4 is 19.8 Å². The molecule has 0 bridgehead atoms. The summed E-state index contributed by atoms with van der Waals surface area (Å²) in [5, 5.41) is 0. The predicted molar refractivity (Wildman–Crippen MR) is 92.8 cm³/mol. The van der Waals surface area contributed by atoms with Crippen LogP contribution < -0.4 is 0 Å². The fourth-order valence-electron chi connectivity index (χ4n) is 2.44. The molecule has 2 nitrogen and oxygen atoms in total. The monoisotopic (exact) mass is 296 g/mol. The van der Waals surface area contributed by atoms with E-state index in [2.05, 4.69) is 0 Å². The molecule has 0 aromatic heterocycles. The third-order valence-electron chi connectivity index (χ3n) is 3.77. The van der Waals surface area contributed by atoms with Gasteiger partial charge < -0.3 is 4.79 Å². The van der Waals surface area contributed by atoms with E-state index in [0.717, 1.165) is 28.5 Å². The lowest BCUT2D eigenvalue weighted by Crippen LogP contribution is -1.96. The van der Waals surface area contributed by atoms with Crippen LogP contribution in [0, 0.1) is 0 Å². The second kappa shape index (κ2) is 6.45. The third-order valence-corrected chi connectivity index (χ3v) is 3.77. The van der Waals surface area contributed by atoms with Crippen LogP contribution >= 0.6 is 0 Å². The van der Waals surface area contributed by atoms with Crippen molar-refractivity contribution in [3.63, 3.8) is 0 Å². The van der Waals surface area contributed by atoms with E-state index in [1.165, 1.54) is 0 Å². The van der Waals surface area contributed by atoms with Gasteiger partial charge in [0.25, 0.3) is 0 Å². The molecule has 0 aliphatic heterocycles. The molecule has 0 saturated carbocycles. The summed E-state index contributed by atoms with van der Waals surface area (Å²) in [6, 6.07) is 22.8. The van der Waals surface area contributed by atoms with E-state index in [1.807, 2.05) is 48.5 Å². The van der Waals surface area contributed by atoms with Crippen molar-refractivity contribution in [2.75, 3.05) is 0 Å². The number of hydrogen-bond donors (Lipinski definition) is 0. The van der Waals surface area contributed by atoms with Crippen LogP contribution in [-0.2, 0) is 0 Å². The number of hydrogen-bond acceptors (Lipinski definition) is 2. The summed E-state index contributed by atoms with van der Waals surface area (Å²) in [7, 11) is 5.25. The Hall–Kier alpha value is -2.94. The van der Waals surface area contributed by atoms with E-state index in [1.54, 1.807) is 24.3 Å². The third kappa shape index (κ3) is 3.29. The molecule has 108 valence electrons.